The van der Waals surface area contributed by atoms with E-state index in [9.17, 15) is 25.5 Å². The summed E-state index contributed by atoms with van der Waals surface area (Å²) in [7, 11) is 3.23. The van der Waals surface area contributed by atoms with Gasteiger partial charge in [-0.05, 0) is 25.7 Å². The third kappa shape index (κ3) is 8.28. The molecule has 0 aromatic heterocycles. The molecule has 0 amide bonds. The first kappa shape index (κ1) is 32.8. The van der Waals surface area contributed by atoms with Gasteiger partial charge in [0, 0.05) is 27.1 Å². The Kier molecular flexibility index (Phi) is 13.1. The van der Waals surface area contributed by atoms with Crippen LogP contribution in [0.3, 0.4) is 0 Å². The minimum atomic E-state index is -1.47. The molecule has 3 fully saturated rings. The van der Waals surface area contributed by atoms with Crippen molar-refractivity contribution in [1.82, 2.24) is 0 Å². The van der Waals surface area contributed by atoms with Gasteiger partial charge in [-0.25, -0.2) is 0 Å². The summed E-state index contributed by atoms with van der Waals surface area (Å²) in [5, 5.41) is 48.7. The molecule has 0 aliphatic carbocycles. The molecule has 3 aliphatic heterocycles. The van der Waals surface area contributed by atoms with E-state index in [-0.39, 0.29) is 36.6 Å². The number of methoxy groups -OCH3 is 2. The second kappa shape index (κ2) is 14.8. The van der Waals surface area contributed by atoms with E-state index >= 15 is 0 Å². The molecule has 3 heterocycles. The molecule has 13 unspecified atom stereocenters. The second-order valence-electron chi connectivity index (χ2n) is 11.1. The first-order valence-corrected chi connectivity index (χ1v) is 13.4. The number of hydrogen-bond donors (Lipinski definition) is 5. The highest BCUT2D eigenvalue weighted by molar-refractivity contribution is 4.92. The van der Waals surface area contributed by atoms with Crippen molar-refractivity contribution in [3.8, 4) is 0 Å². The fourth-order valence-electron chi connectivity index (χ4n) is 5.01. The Morgan fingerprint density at radius 3 is 1.70 bits per heavy atom. The molecular formula is C26H50O11. The van der Waals surface area contributed by atoms with Crippen LogP contribution in [0.4, 0.5) is 0 Å². The van der Waals surface area contributed by atoms with Gasteiger partial charge in [0.1, 0.15) is 36.6 Å². The van der Waals surface area contributed by atoms with E-state index in [0.29, 0.717) is 18.3 Å². The summed E-state index contributed by atoms with van der Waals surface area (Å²) in [6.45, 7) is 11.7. The predicted octanol–water partition coefficient (Wildman–Crippen LogP) is 0.216. The SMILES string of the molecule is COC1CC(C(C)C)OC(C)C1O.COC1CC(C(C)C)OC(C)C1OC1OC(CO)C(O)C(O)C1O. The van der Waals surface area contributed by atoms with Crippen LogP contribution in [-0.2, 0) is 28.4 Å². The van der Waals surface area contributed by atoms with Crippen molar-refractivity contribution in [2.24, 2.45) is 11.8 Å². The molecule has 3 aliphatic rings. The Bertz CT molecular complexity index is 648. The number of aliphatic hydroxyl groups is 5. The Hall–Kier alpha value is -0.440. The molecule has 0 aromatic rings. The zero-order chi connectivity index (χ0) is 28.0. The lowest BCUT2D eigenvalue weighted by atomic mass is 9.92. The Balaban J connectivity index is 0.000000312. The van der Waals surface area contributed by atoms with Gasteiger partial charge in [-0.1, -0.05) is 27.7 Å². The van der Waals surface area contributed by atoms with Gasteiger partial charge in [-0.15, -0.1) is 0 Å². The fraction of sp³-hybridized carbons (Fsp3) is 1.00. The van der Waals surface area contributed by atoms with Crippen molar-refractivity contribution < 1.29 is 54.0 Å². The zero-order valence-electron chi connectivity index (χ0n) is 23.5. The normalized spacial score (nSPS) is 45.0. The van der Waals surface area contributed by atoms with Crippen LogP contribution in [0.5, 0.6) is 0 Å². The van der Waals surface area contributed by atoms with Gasteiger partial charge in [-0.2, -0.15) is 0 Å². The van der Waals surface area contributed by atoms with E-state index < -0.39 is 49.5 Å². The van der Waals surface area contributed by atoms with E-state index in [2.05, 4.69) is 27.7 Å². The fourth-order valence-corrected chi connectivity index (χ4v) is 5.01. The molecule has 220 valence electrons. The van der Waals surface area contributed by atoms with Crippen LogP contribution in [0.2, 0.25) is 0 Å². The smallest absolute Gasteiger partial charge is 0.187 e. The summed E-state index contributed by atoms with van der Waals surface area (Å²) in [6.07, 6.45) is -6.56. The lowest BCUT2D eigenvalue weighted by molar-refractivity contribution is -0.333. The summed E-state index contributed by atoms with van der Waals surface area (Å²) in [4.78, 5) is 0. The average Bonchev–Trinajstić information content (AvgIpc) is 2.86. The summed E-state index contributed by atoms with van der Waals surface area (Å²) >= 11 is 0. The first-order valence-electron chi connectivity index (χ1n) is 13.4. The largest absolute Gasteiger partial charge is 0.394 e. The number of ether oxygens (including phenoxy) is 6. The van der Waals surface area contributed by atoms with E-state index in [1.165, 1.54) is 0 Å². The highest BCUT2D eigenvalue weighted by Crippen LogP contribution is 2.32. The molecule has 13 atom stereocenters. The van der Waals surface area contributed by atoms with E-state index in [0.717, 1.165) is 6.42 Å². The highest BCUT2D eigenvalue weighted by Gasteiger charge is 2.47. The Morgan fingerprint density at radius 2 is 1.22 bits per heavy atom. The number of hydrogen-bond acceptors (Lipinski definition) is 11. The maximum absolute atomic E-state index is 10.1. The van der Waals surface area contributed by atoms with Crippen molar-refractivity contribution in [3.63, 3.8) is 0 Å². The van der Waals surface area contributed by atoms with Crippen LogP contribution in [-0.4, -0.2) is 126 Å². The minimum absolute atomic E-state index is 0.0413. The molecule has 0 aromatic carbocycles. The van der Waals surface area contributed by atoms with Gasteiger partial charge < -0.3 is 54.0 Å². The third-order valence-corrected chi connectivity index (χ3v) is 7.63. The Labute approximate surface area is 221 Å². The van der Waals surface area contributed by atoms with E-state index in [1.54, 1.807) is 14.2 Å². The standard InChI is InChI=1S/C16H30O8.C10H20O3/c1-7(2)9-5-10(21-4)15(8(3)22-9)24-16-14(20)13(19)12(18)11(6-17)23-16;1-6(2)8-5-9(12-4)10(11)7(3)13-8/h7-20H,5-6H2,1-4H3;6-11H,5H2,1-4H3. The van der Waals surface area contributed by atoms with Crippen LogP contribution in [0, 0.1) is 11.8 Å². The quantitative estimate of drug-likeness (QED) is 0.302. The number of aliphatic hydroxyl groups excluding tert-OH is 5. The van der Waals surface area contributed by atoms with Gasteiger partial charge in [0.05, 0.1) is 43.2 Å². The van der Waals surface area contributed by atoms with E-state index in [1.807, 2.05) is 13.8 Å². The zero-order valence-corrected chi connectivity index (χ0v) is 23.5. The number of rotatable bonds is 7. The van der Waals surface area contributed by atoms with Crippen molar-refractivity contribution in [1.29, 1.82) is 0 Å². The Morgan fingerprint density at radius 1 is 0.703 bits per heavy atom. The predicted molar refractivity (Wildman–Crippen MR) is 134 cm³/mol. The molecular weight excluding hydrogens is 488 g/mol. The van der Waals surface area contributed by atoms with Crippen molar-refractivity contribution in [2.45, 2.75) is 134 Å². The van der Waals surface area contributed by atoms with Gasteiger partial charge in [-0.3, -0.25) is 0 Å². The lowest BCUT2D eigenvalue weighted by Gasteiger charge is -2.45. The van der Waals surface area contributed by atoms with Crippen molar-refractivity contribution in [3.05, 3.63) is 0 Å². The van der Waals surface area contributed by atoms with Gasteiger partial charge >= 0.3 is 0 Å². The van der Waals surface area contributed by atoms with Gasteiger partial charge in [0.25, 0.3) is 0 Å². The van der Waals surface area contributed by atoms with Gasteiger partial charge in [0.2, 0.25) is 0 Å². The van der Waals surface area contributed by atoms with Crippen LogP contribution in [0.15, 0.2) is 0 Å². The van der Waals surface area contributed by atoms with Crippen LogP contribution in [0.1, 0.15) is 54.4 Å². The van der Waals surface area contributed by atoms with Crippen LogP contribution in [0.25, 0.3) is 0 Å². The molecule has 5 N–H and O–H groups in total. The molecule has 0 spiro atoms. The molecule has 0 saturated carbocycles. The molecule has 0 bridgehead atoms. The minimum Gasteiger partial charge on any atom is -0.394 e. The van der Waals surface area contributed by atoms with Gasteiger partial charge in [0.15, 0.2) is 6.29 Å². The maximum atomic E-state index is 10.1. The van der Waals surface area contributed by atoms with Crippen LogP contribution < -0.4 is 0 Å². The maximum Gasteiger partial charge on any atom is 0.187 e. The average molecular weight is 539 g/mol. The summed E-state index contributed by atoms with van der Waals surface area (Å²) < 4.78 is 33.6. The molecule has 11 heteroatoms. The second-order valence-corrected chi connectivity index (χ2v) is 11.1. The molecule has 3 rings (SSSR count). The highest BCUT2D eigenvalue weighted by atomic mass is 16.7. The molecule has 3 saturated heterocycles. The molecule has 11 nitrogen and oxygen atoms in total. The lowest BCUT2D eigenvalue weighted by Crippen LogP contribution is -2.61. The topological polar surface area (TPSA) is 157 Å². The van der Waals surface area contributed by atoms with E-state index in [4.69, 9.17) is 28.4 Å². The summed E-state index contributed by atoms with van der Waals surface area (Å²) in [5.74, 6) is 0.811. The van der Waals surface area contributed by atoms with Crippen molar-refractivity contribution >= 4 is 0 Å². The van der Waals surface area contributed by atoms with Crippen molar-refractivity contribution in [2.75, 3.05) is 20.8 Å². The molecule has 0 radical (unpaired) electrons. The molecule has 37 heavy (non-hydrogen) atoms. The van der Waals surface area contributed by atoms with Crippen LogP contribution >= 0.6 is 0 Å². The summed E-state index contributed by atoms with van der Waals surface area (Å²) in [6, 6.07) is 0. The first-order chi connectivity index (χ1) is 17.4. The third-order valence-electron chi connectivity index (χ3n) is 7.63. The summed E-state index contributed by atoms with van der Waals surface area (Å²) in [5.41, 5.74) is 0. The monoisotopic (exact) mass is 538 g/mol.